The molecular formula is C26H26N4OS. The highest BCUT2D eigenvalue weighted by Gasteiger charge is 2.34. The molecule has 5 nitrogen and oxygen atoms in total. The van der Waals surface area contributed by atoms with Crippen LogP contribution in [0.3, 0.4) is 0 Å². The summed E-state index contributed by atoms with van der Waals surface area (Å²) in [5.74, 6) is 0.229. The van der Waals surface area contributed by atoms with E-state index in [0.717, 1.165) is 35.5 Å². The molecule has 6 heteroatoms. The molecule has 0 N–H and O–H groups in total. The van der Waals surface area contributed by atoms with Gasteiger partial charge in [0.2, 0.25) is 5.91 Å². The summed E-state index contributed by atoms with van der Waals surface area (Å²) >= 11 is 1.72. The molecule has 0 radical (unpaired) electrons. The van der Waals surface area contributed by atoms with Crippen LogP contribution in [-0.4, -0.2) is 32.6 Å². The molecule has 2 unspecified atom stereocenters. The second kappa shape index (κ2) is 9.09. The fraction of sp³-hybridized carbons (Fsp3) is 0.269. The summed E-state index contributed by atoms with van der Waals surface area (Å²) in [5, 5.41) is 5.55. The molecule has 0 saturated heterocycles. The number of rotatable bonds is 6. The van der Waals surface area contributed by atoms with Crippen molar-refractivity contribution < 1.29 is 4.79 Å². The van der Waals surface area contributed by atoms with Gasteiger partial charge in [0.25, 0.3) is 0 Å². The lowest BCUT2D eigenvalue weighted by molar-refractivity contribution is -0.135. The highest BCUT2D eigenvalue weighted by Crippen LogP contribution is 2.39. The third-order valence-electron chi connectivity index (χ3n) is 6.05. The number of nitrogens with zero attached hydrogens (tertiary/aromatic N) is 4. The zero-order valence-electron chi connectivity index (χ0n) is 18.1. The van der Waals surface area contributed by atoms with Crippen molar-refractivity contribution in [3.63, 3.8) is 0 Å². The smallest absolute Gasteiger partial charge is 0.226 e. The van der Waals surface area contributed by atoms with Crippen LogP contribution < -0.4 is 0 Å². The Morgan fingerprint density at radius 1 is 1.06 bits per heavy atom. The van der Waals surface area contributed by atoms with Crippen molar-refractivity contribution in [1.82, 2.24) is 19.7 Å². The van der Waals surface area contributed by atoms with Crippen molar-refractivity contribution in [3.05, 3.63) is 95.3 Å². The minimum Gasteiger partial charge on any atom is -0.341 e. The first-order chi connectivity index (χ1) is 15.7. The molecular weight excluding hydrogens is 416 g/mol. The van der Waals surface area contributed by atoms with Crippen molar-refractivity contribution in [1.29, 1.82) is 0 Å². The van der Waals surface area contributed by atoms with E-state index in [1.54, 1.807) is 11.3 Å². The maximum absolute atomic E-state index is 13.4. The zero-order valence-corrected chi connectivity index (χ0v) is 18.9. The minimum absolute atomic E-state index is 0.0788. The van der Waals surface area contributed by atoms with Crippen LogP contribution in [0.2, 0.25) is 0 Å². The molecule has 2 aromatic carbocycles. The van der Waals surface area contributed by atoms with Crippen LogP contribution in [0.4, 0.5) is 0 Å². The number of benzene rings is 2. The van der Waals surface area contributed by atoms with E-state index in [1.807, 2.05) is 65.4 Å². The van der Waals surface area contributed by atoms with E-state index >= 15 is 0 Å². The number of thiazole rings is 1. The van der Waals surface area contributed by atoms with Crippen molar-refractivity contribution in [2.75, 3.05) is 7.05 Å². The standard InChI is InChI=1S/C26H26N4OS/c1-29(16-20-15-27-30(18-20)17-19-9-3-2-4-10-19)26(31)22-12-6-5-11-21(22)25-28-23-13-7-8-14-24(23)32-25/h2-10,13-15,18,21-22H,11-12,16-17H2,1H3. The molecule has 2 atom stereocenters. The fourth-order valence-corrected chi connectivity index (χ4v) is 5.53. The molecule has 1 aliphatic rings. The normalized spacial score (nSPS) is 18.2. The Kier molecular flexibility index (Phi) is 5.86. The summed E-state index contributed by atoms with van der Waals surface area (Å²) in [6.45, 7) is 1.28. The average Bonchev–Trinajstić information content (AvgIpc) is 3.46. The molecule has 0 spiro atoms. The third-order valence-corrected chi connectivity index (χ3v) is 7.22. The van der Waals surface area contributed by atoms with Crippen LogP contribution in [0.1, 0.15) is 34.9 Å². The first-order valence-corrected chi connectivity index (χ1v) is 11.8. The van der Waals surface area contributed by atoms with Crippen molar-refractivity contribution in [2.24, 2.45) is 5.92 Å². The number of carbonyl (C=O) groups is 1. The molecule has 1 aliphatic carbocycles. The molecule has 0 aliphatic heterocycles. The van der Waals surface area contributed by atoms with Gasteiger partial charge in [-0.25, -0.2) is 4.98 Å². The van der Waals surface area contributed by atoms with Gasteiger partial charge in [-0.15, -0.1) is 11.3 Å². The molecule has 5 rings (SSSR count). The Hall–Kier alpha value is -3.25. The molecule has 2 heterocycles. The summed E-state index contributed by atoms with van der Waals surface area (Å²) in [7, 11) is 1.89. The minimum atomic E-state index is -0.0788. The predicted octanol–water partition coefficient (Wildman–Crippen LogP) is 5.25. The molecule has 2 aromatic heterocycles. The van der Waals surface area contributed by atoms with Crippen LogP contribution >= 0.6 is 11.3 Å². The fourth-order valence-electron chi connectivity index (χ4n) is 4.39. The van der Waals surface area contributed by atoms with Gasteiger partial charge in [-0.3, -0.25) is 9.48 Å². The van der Waals surface area contributed by atoms with Gasteiger partial charge in [0, 0.05) is 31.3 Å². The van der Waals surface area contributed by atoms with Gasteiger partial charge in [-0.2, -0.15) is 5.10 Å². The summed E-state index contributed by atoms with van der Waals surface area (Å²) in [6, 6.07) is 18.5. The monoisotopic (exact) mass is 442 g/mol. The van der Waals surface area contributed by atoms with Crippen molar-refractivity contribution in [2.45, 2.75) is 31.8 Å². The van der Waals surface area contributed by atoms with E-state index in [9.17, 15) is 4.79 Å². The van der Waals surface area contributed by atoms with Crippen LogP contribution in [0.25, 0.3) is 10.2 Å². The second-order valence-electron chi connectivity index (χ2n) is 8.40. The quantitative estimate of drug-likeness (QED) is 0.383. The molecule has 0 fully saturated rings. The molecule has 0 saturated carbocycles. The van der Waals surface area contributed by atoms with Crippen LogP contribution in [0, 0.1) is 5.92 Å². The van der Waals surface area contributed by atoms with Crippen molar-refractivity contribution >= 4 is 27.5 Å². The number of amides is 1. The van der Waals surface area contributed by atoms with Gasteiger partial charge in [-0.05, 0) is 30.5 Å². The lowest BCUT2D eigenvalue weighted by Crippen LogP contribution is -2.36. The average molecular weight is 443 g/mol. The zero-order chi connectivity index (χ0) is 21.9. The number of hydrogen-bond donors (Lipinski definition) is 0. The maximum Gasteiger partial charge on any atom is 0.226 e. The topological polar surface area (TPSA) is 51.0 Å². The highest BCUT2D eigenvalue weighted by atomic mass is 32.1. The Labute approximate surface area is 192 Å². The van der Waals surface area contributed by atoms with Gasteiger partial charge in [0.1, 0.15) is 0 Å². The SMILES string of the molecule is CN(Cc1cnn(Cc2ccccc2)c1)C(=O)C1CC=CCC1c1nc2ccccc2s1. The number of hydrogen-bond acceptors (Lipinski definition) is 4. The molecule has 1 amide bonds. The Morgan fingerprint density at radius 2 is 1.84 bits per heavy atom. The predicted molar refractivity (Wildman–Crippen MR) is 128 cm³/mol. The van der Waals surface area contributed by atoms with Crippen LogP contribution in [0.5, 0.6) is 0 Å². The Morgan fingerprint density at radius 3 is 2.69 bits per heavy atom. The largest absolute Gasteiger partial charge is 0.341 e. The van der Waals surface area contributed by atoms with E-state index in [4.69, 9.17) is 4.98 Å². The van der Waals surface area contributed by atoms with Gasteiger partial charge < -0.3 is 4.90 Å². The van der Waals surface area contributed by atoms with E-state index in [0.29, 0.717) is 6.54 Å². The molecule has 4 aromatic rings. The van der Waals surface area contributed by atoms with Gasteiger partial charge in [0.15, 0.2) is 0 Å². The third kappa shape index (κ3) is 4.36. The first kappa shape index (κ1) is 20.6. The number of carbonyl (C=O) groups excluding carboxylic acids is 1. The van der Waals surface area contributed by atoms with E-state index < -0.39 is 0 Å². The number of para-hydroxylation sites is 1. The molecule has 0 bridgehead atoms. The summed E-state index contributed by atoms with van der Waals surface area (Å²) in [5.41, 5.74) is 3.27. The lowest BCUT2D eigenvalue weighted by Gasteiger charge is -2.29. The van der Waals surface area contributed by atoms with Crippen molar-refractivity contribution in [3.8, 4) is 0 Å². The number of aromatic nitrogens is 3. The Balaban J connectivity index is 1.28. The summed E-state index contributed by atoms with van der Waals surface area (Å²) < 4.78 is 3.11. The lowest BCUT2D eigenvalue weighted by atomic mass is 9.82. The van der Waals surface area contributed by atoms with Gasteiger partial charge in [0.05, 0.1) is 33.9 Å². The van der Waals surface area contributed by atoms with E-state index in [-0.39, 0.29) is 17.7 Å². The summed E-state index contributed by atoms with van der Waals surface area (Å²) in [6.07, 6.45) is 9.84. The highest BCUT2D eigenvalue weighted by molar-refractivity contribution is 7.18. The van der Waals surface area contributed by atoms with Crippen LogP contribution in [-0.2, 0) is 17.9 Å². The van der Waals surface area contributed by atoms with E-state index in [1.165, 1.54) is 10.3 Å². The second-order valence-corrected chi connectivity index (χ2v) is 9.46. The van der Waals surface area contributed by atoms with Gasteiger partial charge in [-0.1, -0.05) is 54.6 Å². The van der Waals surface area contributed by atoms with Crippen LogP contribution in [0.15, 0.2) is 79.1 Å². The Bertz CT molecular complexity index is 1210. The summed E-state index contributed by atoms with van der Waals surface area (Å²) in [4.78, 5) is 20.1. The molecule has 162 valence electrons. The van der Waals surface area contributed by atoms with E-state index in [2.05, 4.69) is 35.4 Å². The molecule has 32 heavy (non-hydrogen) atoms. The first-order valence-electron chi connectivity index (χ1n) is 11.0. The maximum atomic E-state index is 13.4. The number of allylic oxidation sites excluding steroid dienone is 2. The number of fused-ring (bicyclic) bond motifs is 1. The van der Waals surface area contributed by atoms with Gasteiger partial charge >= 0.3 is 0 Å².